The molecule has 0 saturated heterocycles. The van der Waals surface area contributed by atoms with E-state index in [9.17, 15) is 4.79 Å². The maximum absolute atomic E-state index is 11.7. The molecule has 1 N–H and O–H groups in total. The van der Waals surface area contributed by atoms with Crippen molar-refractivity contribution in [3.8, 4) is 0 Å². The third-order valence-electron chi connectivity index (χ3n) is 3.66. The molecule has 0 bridgehead atoms. The molecule has 0 radical (unpaired) electrons. The highest BCUT2D eigenvalue weighted by Gasteiger charge is 2.39. The Bertz CT molecular complexity index is 214. The van der Waals surface area contributed by atoms with E-state index in [0.29, 0.717) is 11.5 Å². The van der Waals surface area contributed by atoms with Crippen LogP contribution in [0.25, 0.3) is 0 Å². The van der Waals surface area contributed by atoms with Crippen molar-refractivity contribution in [1.82, 2.24) is 5.32 Å². The fourth-order valence-electron chi connectivity index (χ4n) is 2.30. The summed E-state index contributed by atoms with van der Waals surface area (Å²) < 4.78 is 0. The molecule has 0 heterocycles. The molecule has 2 aliphatic rings. The van der Waals surface area contributed by atoms with E-state index in [1.54, 1.807) is 0 Å². The monoisotopic (exact) mass is 195 g/mol. The van der Waals surface area contributed by atoms with Crippen molar-refractivity contribution in [2.24, 2.45) is 5.41 Å². The number of hydrogen-bond donors (Lipinski definition) is 1. The summed E-state index contributed by atoms with van der Waals surface area (Å²) in [5.41, 5.74) is 0.360. The minimum atomic E-state index is 0.289. The van der Waals surface area contributed by atoms with Gasteiger partial charge in [-0.3, -0.25) is 4.79 Å². The van der Waals surface area contributed by atoms with Crippen molar-refractivity contribution in [1.29, 1.82) is 0 Å². The molecule has 2 heteroatoms. The Morgan fingerprint density at radius 3 is 2.50 bits per heavy atom. The van der Waals surface area contributed by atoms with Crippen molar-refractivity contribution in [2.45, 2.75) is 64.3 Å². The highest BCUT2D eigenvalue weighted by molar-refractivity contribution is 5.77. The molecule has 2 aliphatic carbocycles. The number of carbonyl (C=O) groups is 1. The average molecular weight is 195 g/mol. The minimum Gasteiger partial charge on any atom is -0.353 e. The fraction of sp³-hybridized carbons (Fsp3) is 0.917. The summed E-state index contributed by atoms with van der Waals surface area (Å²) in [5, 5.41) is 3.18. The third kappa shape index (κ3) is 2.73. The molecule has 2 saturated carbocycles. The summed E-state index contributed by atoms with van der Waals surface area (Å²) in [6, 6.07) is 0.485. The average Bonchev–Trinajstić information content (AvgIpc) is 2.84. The van der Waals surface area contributed by atoms with E-state index in [2.05, 4.69) is 12.2 Å². The predicted octanol–water partition coefficient (Wildman–Crippen LogP) is 2.63. The maximum Gasteiger partial charge on any atom is 0.220 e. The van der Waals surface area contributed by atoms with E-state index in [1.807, 2.05) is 0 Å². The van der Waals surface area contributed by atoms with Gasteiger partial charge in [-0.25, -0.2) is 0 Å². The highest BCUT2D eigenvalue weighted by Crippen LogP contribution is 2.48. The molecular formula is C12H21NO. The molecule has 2 nitrogen and oxygen atoms in total. The van der Waals surface area contributed by atoms with E-state index >= 15 is 0 Å². The molecule has 1 amide bonds. The largest absolute Gasteiger partial charge is 0.353 e. The first-order chi connectivity index (χ1) is 6.68. The van der Waals surface area contributed by atoms with Gasteiger partial charge < -0.3 is 5.32 Å². The predicted molar refractivity (Wildman–Crippen MR) is 57.0 cm³/mol. The SMILES string of the molecule is CC1(CC(=O)NC2CCCCC2)CC1. The van der Waals surface area contributed by atoms with Crippen molar-refractivity contribution < 1.29 is 4.79 Å². The lowest BCUT2D eigenvalue weighted by Crippen LogP contribution is -2.37. The van der Waals surface area contributed by atoms with Crippen LogP contribution in [0, 0.1) is 5.41 Å². The number of hydrogen-bond acceptors (Lipinski definition) is 1. The zero-order valence-electron chi connectivity index (χ0n) is 9.14. The van der Waals surface area contributed by atoms with Gasteiger partial charge >= 0.3 is 0 Å². The Balaban J connectivity index is 1.70. The van der Waals surface area contributed by atoms with E-state index in [4.69, 9.17) is 0 Å². The molecule has 0 aliphatic heterocycles. The number of rotatable bonds is 3. The smallest absolute Gasteiger partial charge is 0.220 e. The lowest BCUT2D eigenvalue weighted by atomic mass is 9.95. The second-order valence-electron chi connectivity index (χ2n) is 5.39. The first-order valence-electron chi connectivity index (χ1n) is 5.97. The summed E-state index contributed by atoms with van der Waals surface area (Å²) >= 11 is 0. The second kappa shape index (κ2) is 3.92. The van der Waals surface area contributed by atoms with E-state index in [1.165, 1.54) is 44.9 Å². The summed E-state index contributed by atoms with van der Waals surface area (Å²) in [6.45, 7) is 2.22. The quantitative estimate of drug-likeness (QED) is 0.737. The second-order valence-corrected chi connectivity index (χ2v) is 5.39. The molecule has 0 atom stereocenters. The molecule has 0 aromatic heterocycles. The highest BCUT2D eigenvalue weighted by atomic mass is 16.1. The zero-order chi connectivity index (χ0) is 10.0. The summed E-state index contributed by atoms with van der Waals surface area (Å²) in [7, 11) is 0. The Kier molecular flexibility index (Phi) is 2.80. The van der Waals surface area contributed by atoms with Crippen LogP contribution in [0.2, 0.25) is 0 Å². The van der Waals surface area contributed by atoms with Gasteiger partial charge in [-0.2, -0.15) is 0 Å². The molecule has 2 fully saturated rings. The van der Waals surface area contributed by atoms with Crippen LogP contribution in [-0.2, 0) is 4.79 Å². The van der Waals surface area contributed by atoms with Crippen molar-refractivity contribution >= 4 is 5.91 Å². The standard InChI is InChI=1S/C12H21NO/c1-12(7-8-12)9-11(14)13-10-5-3-2-4-6-10/h10H,2-9H2,1H3,(H,13,14). The van der Waals surface area contributed by atoms with Crippen LogP contribution in [0.15, 0.2) is 0 Å². The van der Waals surface area contributed by atoms with Crippen molar-refractivity contribution in [2.75, 3.05) is 0 Å². The van der Waals surface area contributed by atoms with Gasteiger partial charge in [0.2, 0.25) is 5.91 Å². The first-order valence-corrected chi connectivity index (χ1v) is 5.97. The van der Waals surface area contributed by atoms with Crippen LogP contribution in [0.4, 0.5) is 0 Å². The summed E-state index contributed by atoms with van der Waals surface area (Å²) in [6.07, 6.45) is 9.57. The Morgan fingerprint density at radius 1 is 1.29 bits per heavy atom. The zero-order valence-corrected chi connectivity index (χ0v) is 9.14. The van der Waals surface area contributed by atoms with Gasteiger partial charge in [0.15, 0.2) is 0 Å². The van der Waals surface area contributed by atoms with E-state index in [-0.39, 0.29) is 5.91 Å². The van der Waals surface area contributed by atoms with Crippen LogP contribution < -0.4 is 5.32 Å². The van der Waals surface area contributed by atoms with Crippen LogP contribution in [0.3, 0.4) is 0 Å². The van der Waals surface area contributed by atoms with E-state index in [0.717, 1.165) is 6.42 Å². The number of nitrogens with one attached hydrogen (secondary N) is 1. The normalized spacial score (nSPS) is 25.8. The minimum absolute atomic E-state index is 0.289. The van der Waals surface area contributed by atoms with Gasteiger partial charge in [-0.15, -0.1) is 0 Å². The maximum atomic E-state index is 11.7. The van der Waals surface area contributed by atoms with Crippen LogP contribution in [0.1, 0.15) is 58.3 Å². The van der Waals surface area contributed by atoms with Gasteiger partial charge in [0, 0.05) is 12.5 Å². The van der Waals surface area contributed by atoms with Gasteiger partial charge in [0.05, 0.1) is 0 Å². The summed E-state index contributed by atoms with van der Waals surface area (Å²) in [5.74, 6) is 0.289. The Labute approximate surface area is 86.5 Å². The van der Waals surface area contributed by atoms with Crippen LogP contribution in [-0.4, -0.2) is 11.9 Å². The molecule has 0 aromatic rings. The number of amides is 1. The molecule has 0 unspecified atom stereocenters. The van der Waals surface area contributed by atoms with Gasteiger partial charge in [-0.1, -0.05) is 26.2 Å². The van der Waals surface area contributed by atoms with Gasteiger partial charge in [-0.05, 0) is 31.1 Å². The lowest BCUT2D eigenvalue weighted by Gasteiger charge is -2.23. The molecule has 80 valence electrons. The molecule has 14 heavy (non-hydrogen) atoms. The van der Waals surface area contributed by atoms with Gasteiger partial charge in [0.25, 0.3) is 0 Å². The number of carbonyl (C=O) groups excluding carboxylic acids is 1. The van der Waals surface area contributed by atoms with Gasteiger partial charge in [0.1, 0.15) is 0 Å². The van der Waals surface area contributed by atoms with Crippen LogP contribution in [0.5, 0.6) is 0 Å². The van der Waals surface area contributed by atoms with Crippen LogP contribution >= 0.6 is 0 Å². The molecule has 2 rings (SSSR count). The molecular weight excluding hydrogens is 174 g/mol. The first kappa shape index (κ1) is 10.0. The van der Waals surface area contributed by atoms with E-state index < -0.39 is 0 Å². The molecule has 0 aromatic carbocycles. The van der Waals surface area contributed by atoms with Crippen molar-refractivity contribution in [3.63, 3.8) is 0 Å². The third-order valence-corrected chi connectivity index (χ3v) is 3.66. The Hall–Kier alpha value is -0.530. The van der Waals surface area contributed by atoms with Crippen molar-refractivity contribution in [3.05, 3.63) is 0 Å². The molecule has 0 spiro atoms. The summed E-state index contributed by atoms with van der Waals surface area (Å²) in [4.78, 5) is 11.7. The fourth-order valence-corrected chi connectivity index (χ4v) is 2.30. The topological polar surface area (TPSA) is 29.1 Å². The lowest BCUT2D eigenvalue weighted by molar-refractivity contribution is -0.123. The Morgan fingerprint density at radius 2 is 1.93 bits per heavy atom.